The van der Waals surface area contributed by atoms with Crippen molar-refractivity contribution in [1.82, 2.24) is 29.9 Å². The van der Waals surface area contributed by atoms with Crippen molar-refractivity contribution in [2.24, 2.45) is 0 Å². The zero-order chi connectivity index (χ0) is 24.2. The van der Waals surface area contributed by atoms with Gasteiger partial charge in [-0.2, -0.15) is 10.2 Å². The van der Waals surface area contributed by atoms with E-state index in [1.807, 2.05) is 28.0 Å². The molecule has 0 spiro atoms. The van der Waals surface area contributed by atoms with E-state index in [4.69, 9.17) is 14.5 Å². The molecular weight excluding hydrogens is 456 g/mol. The van der Waals surface area contributed by atoms with E-state index in [0.717, 1.165) is 65.0 Å². The molecule has 1 aromatic carbocycles. The van der Waals surface area contributed by atoms with Crippen LogP contribution in [0.1, 0.15) is 36.4 Å². The predicted octanol–water partition coefficient (Wildman–Crippen LogP) is 3.55. The number of nitrogens with zero attached hydrogens (tertiary/aromatic N) is 5. The van der Waals surface area contributed by atoms with Gasteiger partial charge in [0, 0.05) is 43.1 Å². The summed E-state index contributed by atoms with van der Waals surface area (Å²) in [4.78, 5) is 19.5. The number of methoxy groups -OCH3 is 1. The van der Waals surface area contributed by atoms with Crippen molar-refractivity contribution in [3.63, 3.8) is 0 Å². The lowest BCUT2D eigenvalue weighted by Crippen LogP contribution is -2.53. The molecule has 5 heterocycles. The summed E-state index contributed by atoms with van der Waals surface area (Å²) in [5.74, 6) is 0.840. The van der Waals surface area contributed by atoms with E-state index < -0.39 is 0 Å². The smallest absolute Gasteiger partial charge is 0.251 e. The monoisotopic (exact) mass is 484 g/mol. The predicted molar refractivity (Wildman–Crippen MR) is 134 cm³/mol. The maximum atomic E-state index is 12.6. The number of hydrogen-bond acceptors (Lipinski definition) is 6. The number of nitrogens with one attached hydrogen (secondary N) is 1. The number of pyridine rings is 1. The summed E-state index contributed by atoms with van der Waals surface area (Å²) in [5, 5.41) is 12.3. The molecular formula is C27H28N6O3. The molecule has 184 valence electrons. The molecule has 0 saturated carbocycles. The highest BCUT2D eigenvalue weighted by Gasteiger charge is 2.37. The first-order valence-electron chi connectivity index (χ1n) is 12.7. The van der Waals surface area contributed by atoms with Gasteiger partial charge in [0.15, 0.2) is 0 Å². The number of aromatic nitrogens is 5. The van der Waals surface area contributed by atoms with Gasteiger partial charge in [-0.25, -0.2) is 4.98 Å². The fraction of sp³-hybridized carbons (Fsp3) is 0.407. The van der Waals surface area contributed by atoms with Gasteiger partial charge in [-0.05, 0) is 43.2 Å². The number of aryl methyl sites for hydroxylation is 1. The van der Waals surface area contributed by atoms with Crippen LogP contribution in [0.2, 0.25) is 0 Å². The van der Waals surface area contributed by atoms with E-state index in [-0.39, 0.29) is 18.1 Å². The normalized spacial score (nSPS) is 19.6. The summed E-state index contributed by atoms with van der Waals surface area (Å²) in [6, 6.07) is 8.60. The Bertz CT molecular complexity index is 1460. The third-order valence-corrected chi connectivity index (χ3v) is 7.75. The Morgan fingerprint density at radius 2 is 2.11 bits per heavy atom. The molecule has 4 aromatic rings. The van der Waals surface area contributed by atoms with Gasteiger partial charge in [0.1, 0.15) is 28.8 Å². The van der Waals surface area contributed by atoms with E-state index in [0.29, 0.717) is 19.7 Å². The van der Waals surface area contributed by atoms with Gasteiger partial charge in [-0.15, -0.1) is 0 Å². The van der Waals surface area contributed by atoms with E-state index >= 15 is 0 Å². The minimum atomic E-state index is -0.266. The Balaban J connectivity index is 1.18. The Morgan fingerprint density at radius 3 is 2.94 bits per heavy atom. The molecule has 9 heteroatoms. The molecule has 1 amide bonds. The molecule has 2 saturated heterocycles. The second-order valence-electron chi connectivity index (χ2n) is 9.91. The lowest BCUT2D eigenvalue weighted by atomic mass is 9.99. The van der Waals surface area contributed by atoms with E-state index in [1.54, 1.807) is 7.11 Å². The summed E-state index contributed by atoms with van der Waals surface area (Å²) in [6.07, 6.45) is 8.69. The number of amides is 1. The van der Waals surface area contributed by atoms with Gasteiger partial charge in [0.2, 0.25) is 0 Å². The molecule has 9 nitrogen and oxygen atoms in total. The van der Waals surface area contributed by atoms with Crippen LogP contribution in [0.15, 0.2) is 36.7 Å². The van der Waals surface area contributed by atoms with Crippen molar-refractivity contribution >= 4 is 16.9 Å². The maximum Gasteiger partial charge on any atom is 0.251 e. The highest BCUT2D eigenvalue weighted by molar-refractivity contribution is 5.93. The first-order valence-corrected chi connectivity index (χ1v) is 12.7. The number of carbonyl (C=O) groups excluding carboxylic acids is 1. The number of carbonyl (C=O) groups is 1. The van der Waals surface area contributed by atoms with Crippen LogP contribution >= 0.6 is 0 Å². The third-order valence-electron chi connectivity index (χ3n) is 7.75. The van der Waals surface area contributed by atoms with Gasteiger partial charge in [0.25, 0.3) is 5.91 Å². The molecule has 2 fully saturated rings. The standard InChI is InChI=1S/C27H28N6O3/c1-35-23-11-21-26(29-25(23)20-8-3-6-16-5-2-7-19(16)20)24(31-30-21)17-12-28-33(13-17)18-14-32(15-18)27(34)22-9-4-10-36-22/h3,6,8,11-13,18,22H,2,4-5,7,9-10,14-15H2,1H3,(H,30,31). The van der Waals surface area contributed by atoms with Crippen LogP contribution in [0.5, 0.6) is 5.75 Å². The number of hydrogen-bond donors (Lipinski definition) is 1. The van der Waals surface area contributed by atoms with Crippen LogP contribution in [0.4, 0.5) is 0 Å². The van der Waals surface area contributed by atoms with Crippen molar-refractivity contribution in [3.8, 4) is 28.3 Å². The minimum absolute atomic E-state index is 0.104. The largest absolute Gasteiger partial charge is 0.494 e. The summed E-state index contributed by atoms with van der Waals surface area (Å²) in [5.41, 5.74) is 8.03. The van der Waals surface area contributed by atoms with Crippen LogP contribution in [-0.4, -0.2) is 68.7 Å². The van der Waals surface area contributed by atoms with Crippen LogP contribution in [-0.2, 0) is 22.4 Å². The number of aromatic amines is 1. The second-order valence-corrected chi connectivity index (χ2v) is 9.91. The molecule has 36 heavy (non-hydrogen) atoms. The number of likely N-dealkylation sites (tertiary alicyclic amines) is 1. The first-order chi connectivity index (χ1) is 17.7. The lowest BCUT2D eigenvalue weighted by Gasteiger charge is -2.40. The summed E-state index contributed by atoms with van der Waals surface area (Å²) >= 11 is 0. The van der Waals surface area contributed by atoms with Crippen LogP contribution in [0, 0.1) is 0 Å². The van der Waals surface area contributed by atoms with Gasteiger partial charge >= 0.3 is 0 Å². The summed E-state index contributed by atoms with van der Waals surface area (Å²) in [7, 11) is 1.68. The Hall–Kier alpha value is -3.72. The molecule has 0 bridgehead atoms. The topological polar surface area (TPSA) is 98.2 Å². The molecule has 0 radical (unpaired) electrons. The lowest BCUT2D eigenvalue weighted by molar-refractivity contribution is -0.147. The molecule has 3 aromatic heterocycles. The fourth-order valence-electron chi connectivity index (χ4n) is 5.76. The zero-order valence-electron chi connectivity index (χ0n) is 20.2. The van der Waals surface area contributed by atoms with E-state index in [2.05, 4.69) is 33.5 Å². The Labute approximate surface area is 208 Å². The Morgan fingerprint density at radius 1 is 1.19 bits per heavy atom. The average Bonchev–Trinajstić information content (AvgIpc) is 3.67. The van der Waals surface area contributed by atoms with Gasteiger partial charge in [-0.1, -0.05) is 18.2 Å². The molecule has 1 atom stereocenters. The third kappa shape index (κ3) is 3.41. The van der Waals surface area contributed by atoms with Crippen LogP contribution in [0.3, 0.4) is 0 Å². The highest BCUT2D eigenvalue weighted by atomic mass is 16.5. The molecule has 1 N–H and O–H groups in total. The number of fused-ring (bicyclic) bond motifs is 2. The summed E-state index contributed by atoms with van der Waals surface area (Å²) < 4.78 is 13.2. The second kappa shape index (κ2) is 8.44. The van der Waals surface area contributed by atoms with Crippen molar-refractivity contribution in [1.29, 1.82) is 0 Å². The molecule has 1 unspecified atom stereocenters. The van der Waals surface area contributed by atoms with E-state index in [1.165, 1.54) is 17.5 Å². The maximum absolute atomic E-state index is 12.6. The van der Waals surface area contributed by atoms with Crippen molar-refractivity contribution in [3.05, 3.63) is 47.8 Å². The minimum Gasteiger partial charge on any atom is -0.494 e. The van der Waals surface area contributed by atoms with Crippen molar-refractivity contribution in [2.45, 2.75) is 44.2 Å². The average molecular weight is 485 g/mol. The highest BCUT2D eigenvalue weighted by Crippen LogP contribution is 2.39. The first kappa shape index (κ1) is 21.6. The Kier molecular flexibility index (Phi) is 5.06. The van der Waals surface area contributed by atoms with Crippen molar-refractivity contribution < 1.29 is 14.3 Å². The number of ether oxygens (including phenoxy) is 2. The number of H-pyrrole nitrogens is 1. The van der Waals surface area contributed by atoms with Crippen LogP contribution < -0.4 is 4.74 Å². The quantitative estimate of drug-likeness (QED) is 0.465. The number of rotatable bonds is 5. The van der Waals surface area contributed by atoms with Gasteiger partial charge in [-0.3, -0.25) is 14.6 Å². The zero-order valence-corrected chi connectivity index (χ0v) is 20.2. The molecule has 1 aliphatic carbocycles. The van der Waals surface area contributed by atoms with Gasteiger partial charge in [0.05, 0.1) is 24.9 Å². The van der Waals surface area contributed by atoms with E-state index in [9.17, 15) is 4.79 Å². The van der Waals surface area contributed by atoms with Crippen molar-refractivity contribution in [2.75, 3.05) is 26.8 Å². The summed E-state index contributed by atoms with van der Waals surface area (Å²) in [6.45, 7) is 1.99. The fourth-order valence-corrected chi connectivity index (χ4v) is 5.76. The molecule has 3 aliphatic rings. The molecule has 2 aliphatic heterocycles. The number of benzene rings is 1. The van der Waals surface area contributed by atoms with Gasteiger partial charge < -0.3 is 14.4 Å². The van der Waals surface area contributed by atoms with Crippen LogP contribution in [0.25, 0.3) is 33.5 Å². The molecule has 7 rings (SSSR count). The SMILES string of the molecule is COc1cc2[nH]nc(-c3cnn(C4CN(C(=O)C5CCCO5)C4)c3)c2nc1-c1cccc2c1CCC2.